The molecule has 0 aliphatic heterocycles. The summed E-state index contributed by atoms with van der Waals surface area (Å²) in [5, 5.41) is 3.05. The zero-order valence-corrected chi connectivity index (χ0v) is 8.50. The second-order valence-electron chi connectivity index (χ2n) is 3.21. The summed E-state index contributed by atoms with van der Waals surface area (Å²) in [7, 11) is 0. The number of anilines is 1. The monoisotopic (exact) mass is 196 g/mol. The van der Waals surface area contributed by atoms with Gasteiger partial charge in [-0.05, 0) is 6.92 Å². The van der Waals surface area contributed by atoms with E-state index in [1.807, 2.05) is 13.8 Å². The smallest absolute Gasteiger partial charge is 0.252 e. The molecule has 1 heterocycles. The van der Waals surface area contributed by atoms with Crippen LogP contribution in [0.1, 0.15) is 19.7 Å². The number of hydrogen-bond acceptors (Lipinski definition) is 4. The third-order valence-electron chi connectivity index (χ3n) is 1.87. The molecule has 0 fully saturated rings. The van der Waals surface area contributed by atoms with Crippen LogP contribution in [0, 0.1) is 0 Å². The Morgan fingerprint density at radius 1 is 1.71 bits per heavy atom. The van der Waals surface area contributed by atoms with E-state index in [0.29, 0.717) is 24.6 Å². The maximum Gasteiger partial charge on any atom is 0.252 e. The number of nitrogens with two attached hydrogens (primary N) is 1. The molecule has 0 aliphatic rings. The van der Waals surface area contributed by atoms with E-state index in [2.05, 4.69) is 15.3 Å². The molecular weight excluding hydrogens is 180 g/mol. The Bertz CT molecular complexity index is 347. The number of aryl methyl sites for hydroxylation is 1. The van der Waals surface area contributed by atoms with Gasteiger partial charge in [-0.25, -0.2) is 4.98 Å². The lowest BCUT2D eigenvalue weighted by atomic mass is 10.3. The predicted octanol–water partition coefficient (Wildman–Crippen LogP) is 0.0914. The summed E-state index contributed by atoms with van der Waals surface area (Å²) in [4.78, 5) is 18.0. The predicted molar refractivity (Wildman–Crippen MR) is 56.4 cm³/mol. The molecule has 0 spiro atoms. The first kappa shape index (κ1) is 10.7. The van der Waals surface area contributed by atoms with E-state index in [-0.39, 0.29) is 11.6 Å². The fraction of sp³-hybridized carbons (Fsp3) is 0.556. The van der Waals surface area contributed by atoms with E-state index in [4.69, 9.17) is 5.73 Å². The van der Waals surface area contributed by atoms with E-state index < -0.39 is 0 Å². The summed E-state index contributed by atoms with van der Waals surface area (Å²) < 4.78 is 0. The van der Waals surface area contributed by atoms with E-state index in [9.17, 15) is 4.79 Å². The molecule has 1 aromatic rings. The lowest BCUT2D eigenvalue weighted by Crippen LogP contribution is -2.27. The van der Waals surface area contributed by atoms with Crippen LogP contribution in [0.3, 0.4) is 0 Å². The quantitative estimate of drug-likeness (QED) is 0.637. The number of nitrogens with one attached hydrogen (secondary N) is 2. The Morgan fingerprint density at radius 3 is 3.00 bits per heavy atom. The zero-order valence-electron chi connectivity index (χ0n) is 8.50. The Balaban J connectivity index is 2.86. The lowest BCUT2D eigenvalue weighted by Gasteiger charge is -2.11. The molecule has 78 valence electrons. The van der Waals surface area contributed by atoms with Crippen LogP contribution in [0.25, 0.3) is 0 Å². The Morgan fingerprint density at radius 2 is 2.43 bits per heavy atom. The van der Waals surface area contributed by atoms with Crippen molar-refractivity contribution in [1.29, 1.82) is 0 Å². The van der Waals surface area contributed by atoms with Crippen LogP contribution in [-0.4, -0.2) is 22.6 Å². The highest BCUT2D eigenvalue weighted by molar-refractivity contribution is 5.34. The number of rotatable bonds is 4. The number of H-pyrrole nitrogens is 1. The van der Waals surface area contributed by atoms with E-state index in [0.717, 1.165) is 0 Å². The van der Waals surface area contributed by atoms with Gasteiger partial charge < -0.3 is 16.0 Å². The molecular formula is C9H16N4O. The molecule has 0 aromatic carbocycles. The third-order valence-corrected chi connectivity index (χ3v) is 1.87. The van der Waals surface area contributed by atoms with Crippen molar-refractivity contribution in [1.82, 2.24) is 9.97 Å². The Kier molecular flexibility index (Phi) is 3.64. The van der Waals surface area contributed by atoms with Crippen molar-refractivity contribution in [3.63, 3.8) is 0 Å². The van der Waals surface area contributed by atoms with Gasteiger partial charge >= 0.3 is 0 Å². The van der Waals surface area contributed by atoms with Gasteiger partial charge in [-0.3, -0.25) is 4.79 Å². The van der Waals surface area contributed by atoms with Crippen molar-refractivity contribution in [3.8, 4) is 0 Å². The van der Waals surface area contributed by atoms with Gasteiger partial charge in [-0.1, -0.05) is 6.92 Å². The topological polar surface area (TPSA) is 83.8 Å². The minimum atomic E-state index is -0.136. The highest BCUT2D eigenvalue weighted by Crippen LogP contribution is 2.00. The highest BCUT2D eigenvalue weighted by atomic mass is 16.1. The molecule has 0 saturated heterocycles. The Hall–Kier alpha value is -1.36. The van der Waals surface area contributed by atoms with Gasteiger partial charge in [0.25, 0.3) is 5.56 Å². The van der Waals surface area contributed by atoms with Gasteiger partial charge in [0.1, 0.15) is 11.6 Å². The maximum atomic E-state index is 11.2. The van der Waals surface area contributed by atoms with Crippen LogP contribution >= 0.6 is 0 Å². The van der Waals surface area contributed by atoms with Crippen molar-refractivity contribution >= 4 is 5.82 Å². The van der Waals surface area contributed by atoms with Crippen molar-refractivity contribution in [3.05, 3.63) is 22.2 Å². The normalized spacial score (nSPS) is 12.5. The maximum absolute atomic E-state index is 11.2. The summed E-state index contributed by atoms with van der Waals surface area (Å²) in [5.74, 6) is 1.27. The van der Waals surface area contributed by atoms with Crippen LogP contribution in [-0.2, 0) is 6.42 Å². The molecule has 4 N–H and O–H groups in total. The van der Waals surface area contributed by atoms with Gasteiger partial charge in [-0.15, -0.1) is 0 Å². The molecule has 14 heavy (non-hydrogen) atoms. The van der Waals surface area contributed by atoms with Crippen LogP contribution in [0.15, 0.2) is 10.9 Å². The van der Waals surface area contributed by atoms with Gasteiger partial charge in [0, 0.05) is 25.1 Å². The van der Waals surface area contributed by atoms with Crippen molar-refractivity contribution in [2.45, 2.75) is 26.3 Å². The molecule has 1 rings (SSSR count). The minimum Gasteiger partial charge on any atom is -0.366 e. The third kappa shape index (κ3) is 2.85. The molecule has 5 heteroatoms. The fourth-order valence-corrected chi connectivity index (χ4v) is 1.06. The molecule has 0 bridgehead atoms. The Labute approximate surface area is 82.7 Å². The molecule has 0 aliphatic carbocycles. The van der Waals surface area contributed by atoms with Gasteiger partial charge in [0.2, 0.25) is 0 Å². The minimum absolute atomic E-state index is 0.119. The van der Waals surface area contributed by atoms with Crippen LogP contribution in [0.2, 0.25) is 0 Å². The van der Waals surface area contributed by atoms with E-state index >= 15 is 0 Å². The molecule has 0 radical (unpaired) electrons. The van der Waals surface area contributed by atoms with Crippen LogP contribution in [0.4, 0.5) is 5.82 Å². The molecule has 0 amide bonds. The number of aromatic amines is 1. The molecule has 5 nitrogen and oxygen atoms in total. The zero-order chi connectivity index (χ0) is 10.6. The fourth-order valence-electron chi connectivity index (χ4n) is 1.06. The van der Waals surface area contributed by atoms with Gasteiger partial charge in [0.15, 0.2) is 0 Å². The lowest BCUT2D eigenvalue weighted by molar-refractivity contribution is 0.790. The summed E-state index contributed by atoms with van der Waals surface area (Å²) in [6.45, 7) is 4.39. The molecule has 1 atom stereocenters. The van der Waals surface area contributed by atoms with Crippen molar-refractivity contribution in [2.24, 2.45) is 5.73 Å². The summed E-state index contributed by atoms with van der Waals surface area (Å²) in [5.41, 5.74) is 5.32. The van der Waals surface area contributed by atoms with E-state index in [1.54, 1.807) is 0 Å². The van der Waals surface area contributed by atoms with Crippen molar-refractivity contribution in [2.75, 3.05) is 11.9 Å². The molecule has 1 unspecified atom stereocenters. The summed E-state index contributed by atoms with van der Waals surface area (Å²) >= 11 is 0. The molecule has 0 saturated carbocycles. The standard InChI is InChI=1S/C9H16N4O/c1-3-7-12-8(4-9(14)13-7)11-6(2)5-10/h4,6H,3,5,10H2,1-2H3,(H2,11,12,13,14). The summed E-state index contributed by atoms with van der Waals surface area (Å²) in [6, 6.07) is 1.56. The number of hydrogen-bond donors (Lipinski definition) is 3. The van der Waals surface area contributed by atoms with Gasteiger partial charge in [0.05, 0.1) is 0 Å². The van der Waals surface area contributed by atoms with E-state index in [1.165, 1.54) is 6.07 Å². The largest absolute Gasteiger partial charge is 0.366 e. The number of aromatic nitrogens is 2. The summed E-state index contributed by atoms with van der Waals surface area (Å²) in [6.07, 6.45) is 0.710. The first-order valence-corrected chi connectivity index (χ1v) is 4.72. The number of nitrogens with zero attached hydrogens (tertiary/aromatic N) is 1. The SMILES string of the molecule is CCc1nc(NC(C)CN)cc(=O)[nH]1. The van der Waals surface area contributed by atoms with Crippen LogP contribution in [0.5, 0.6) is 0 Å². The molecule has 1 aromatic heterocycles. The average molecular weight is 196 g/mol. The first-order valence-electron chi connectivity index (χ1n) is 4.72. The average Bonchev–Trinajstić information content (AvgIpc) is 2.16. The highest BCUT2D eigenvalue weighted by Gasteiger charge is 2.02. The second-order valence-corrected chi connectivity index (χ2v) is 3.21. The first-order chi connectivity index (χ1) is 6.65. The van der Waals surface area contributed by atoms with Gasteiger partial charge in [-0.2, -0.15) is 0 Å². The second kappa shape index (κ2) is 4.76. The van der Waals surface area contributed by atoms with Crippen molar-refractivity contribution < 1.29 is 0 Å². The van der Waals surface area contributed by atoms with Crippen LogP contribution < -0.4 is 16.6 Å².